The summed E-state index contributed by atoms with van der Waals surface area (Å²) in [7, 11) is 1.78. The molecule has 0 aliphatic heterocycles. The lowest BCUT2D eigenvalue weighted by atomic mass is 10.2. The van der Waals surface area contributed by atoms with Gasteiger partial charge in [-0.1, -0.05) is 23.9 Å². The molecular weight excluding hydrogens is 437 g/mol. The quantitative estimate of drug-likeness (QED) is 0.375. The summed E-state index contributed by atoms with van der Waals surface area (Å²) in [5, 5.41) is 11.1. The number of halogens is 1. The van der Waals surface area contributed by atoms with Crippen molar-refractivity contribution in [2.75, 3.05) is 0 Å². The number of benzene rings is 1. The fraction of sp³-hybridized carbons (Fsp3) is 0.143. The Morgan fingerprint density at radius 1 is 1.19 bits per heavy atom. The van der Waals surface area contributed by atoms with E-state index in [1.807, 2.05) is 18.4 Å². The number of thioether (sulfide) groups is 1. The average molecular weight is 454 g/mol. The molecule has 1 unspecified atom stereocenters. The SMILES string of the molecule is CC(Sc1nnc(-c2ccccc2F)n1C)c1nc2scc(-c3ccco3)c2c(=O)[nH]1. The molecule has 5 aromatic rings. The van der Waals surface area contributed by atoms with E-state index >= 15 is 0 Å². The molecule has 0 bridgehead atoms. The van der Waals surface area contributed by atoms with Gasteiger partial charge in [0.1, 0.15) is 22.2 Å². The van der Waals surface area contributed by atoms with Crippen LogP contribution in [0, 0.1) is 5.82 Å². The van der Waals surface area contributed by atoms with Crippen molar-refractivity contribution >= 4 is 33.3 Å². The Kier molecular flexibility index (Phi) is 4.95. The molecule has 156 valence electrons. The maximum absolute atomic E-state index is 14.1. The first-order valence-electron chi connectivity index (χ1n) is 9.39. The molecule has 5 rings (SSSR count). The first-order chi connectivity index (χ1) is 15.0. The van der Waals surface area contributed by atoms with E-state index in [0.29, 0.717) is 38.3 Å². The van der Waals surface area contributed by atoms with Gasteiger partial charge >= 0.3 is 0 Å². The largest absolute Gasteiger partial charge is 0.464 e. The summed E-state index contributed by atoms with van der Waals surface area (Å²) in [6.07, 6.45) is 1.57. The van der Waals surface area contributed by atoms with Crippen LogP contribution in [0.3, 0.4) is 0 Å². The number of fused-ring (bicyclic) bond motifs is 1. The lowest BCUT2D eigenvalue weighted by Crippen LogP contribution is -2.12. The van der Waals surface area contributed by atoms with Crippen LogP contribution in [0.1, 0.15) is 18.0 Å². The molecule has 0 radical (unpaired) electrons. The number of H-pyrrole nitrogens is 1. The van der Waals surface area contributed by atoms with E-state index in [1.54, 1.807) is 42.1 Å². The van der Waals surface area contributed by atoms with E-state index in [4.69, 9.17) is 4.42 Å². The third-order valence-corrected chi connectivity index (χ3v) is 6.88. The van der Waals surface area contributed by atoms with Crippen molar-refractivity contribution in [1.82, 2.24) is 24.7 Å². The van der Waals surface area contributed by atoms with Gasteiger partial charge in [0.05, 0.1) is 22.5 Å². The fourth-order valence-corrected chi connectivity index (χ4v) is 5.09. The van der Waals surface area contributed by atoms with Gasteiger partial charge in [-0.05, 0) is 31.2 Å². The van der Waals surface area contributed by atoms with E-state index < -0.39 is 0 Å². The van der Waals surface area contributed by atoms with Crippen LogP contribution in [-0.4, -0.2) is 24.7 Å². The summed E-state index contributed by atoms with van der Waals surface area (Å²) in [6, 6.07) is 10.0. The fourth-order valence-electron chi connectivity index (χ4n) is 3.28. The van der Waals surface area contributed by atoms with Crippen molar-refractivity contribution in [2.24, 2.45) is 7.05 Å². The number of thiophene rings is 1. The van der Waals surface area contributed by atoms with Gasteiger partial charge in [0.15, 0.2) is 11.0 Å². The van der Waals surface area contributed by atoms with Crippen molar-refractivity contribution in [2.45, 2.75) is 17.3 Å². The van der Waals surface area contributed by atoms with Crippen LogP contribution in [-0.2, 0) is 7.05 Å². The molecule has 0 spiro atoms. The van der Waals surface area contributed by atoms with Crippen molar-refractivity contribution in [3.8, 4) is 22.7 Å². The maximum atomic E-state index is 14.1. The molecule has 1 N–H and O–H groups in total. The molecule has 7 nitrogen and oxygen atoms in total. The van der Waals surface area contributed by atoms with E-state index in [1.165, 1.54) is 29.2 Å². The van der Waals surface area contributed by atoms with Crippen LogP contribution < -0.4 is 5.56 Å². The number of nitrogens with zero attached hydrogens (tertiary/aromatic N) is 4. The highest BCUT2D eigenvalue weighted by atomic mass is 32.2. The Bertz CT molecular complexity index is 1440. The monoisotopic (exact) mass is 453 g/mol. The minimum atomic E-state index is -0.357. The molecule has 0 amide bonds. The Morgan fingerprint density at radius 2 is 2.03 bits per heavy atom. The Morgan fingerprint density at radius 3 is 2.81 bits per heavy atom. The zero-order chi connectivity index (χ0) is 21.5. The predicted octanol–water partition coefficient (Wildman–Crippen LogP) is 5.03. The standard InChI is InChI=1S/C21H16FN5O2S2/c1-11(31-21-26-25-18(27(21)2)12-6-3-4-7-14(12)22)17-23-19(28)16-13(10-30-20(16)24-17)15-8-5-9-29-15/h3-11H,1-2H3,(H,23,24,28). The van der Waals surface area contributed by atoms with Crippen LogP contribution in [0.5, 0.6) is 0 Å². The maximum Gasteiger partial charge on any atom is 0.260 e. The smallest absolute Gasteiger partial charge is 0.260 e. The molecule has 10 heteroatoms. The predicted molar refractivity (Wildman–Crippen MR) is 119 cm³/mol. The molecule has 0 aliphatic carbocycles. The third kappa shape index (κ3) is 3.47. The van der Waals surface area contributed by atoms with Gasteiger partial charge in [-0.25, -0.2) is 9.37 Å². The molecular formula is C21H16FN5O2S2. The summed E-state index contributed by atoms with van der Waals surface area (Å²) >= 11 is 2.78. The molecule has 31 heavy (non-hydrogen) atoms. The highest BCUT2D eigenvalue weighted by Gasteiger charge is 2.21. The second-order valence-electron chi connectivity index (χ2n) is 6.86. The zero-order valence-corrected chi connectivity index (χ0v) is 18.1. The first kappa shape index (κ1) is 19.7. The van der Waals surface area contributed by atoms with Crippen LogP contribution >= 0.6 is 23.1 Å². The molecule has 1 aromatic carbocycles. The summed E-state index contributed by atoms with van der Waals surface area (Å²) in [4.78, 5) is 21.0. The van der Waals surface area contributed by atoms with Crippen molar-refractivity contribution in [3.63, 3.8) is 0 Å². The number of aromatic nitrogens is 5. The molecule has 0 saturated carbocycles. The summed E-state index contributed by atoms with van der Waals surface area (Å²) in [5.41, 5.74) is 0.896. The number of hydrogen-bond acceptors (Lipinski definition) is 7. The highest BCUT2D eigenvalue weighted by molar-refractivity contribution is 7.99. The molecule has 1 atom stereocenters. The number of hydrogen-bond donors (Lipinski definition) is 1. The number of nitrogens with one attached hydrogen (secondary N) is 1. The molecule has 4 aromatic heterocycles. The summed E-state index contributed by atoms with van der Waals surface area (Å²) < 4.78 is 21.3. The average Bonchev–Trinajstić information content (AvgIpc) is 3.49. The zero-order valence-electron chi connectivity index (χ0n) is 16.5. The number of furan rings is 1. The van der Waals surface area contributed by atoms with E-state index in [0.717, 1.165) is 5.56 Å². The molecule has 0 fully saturated rings. The molecule has 0 aliphatic rings. The van der Waals surface area contributed by atoms with Crippen LogP contribution in [0.25, 0.3) is 32.9 Å². The summed E-state index contributed by atoms with van der Waals surface area (Å²) in [5.74, 6) is 1.24. The highest BCUT2D eigenvalue weighted by Crippen LogP contribution is 2.36. The second-order valence-corrected chi connectivity index (χ2v) is 9.03. The lowest BCUT2D eigenvalue weighted by molar-refractivity contribution is 0.583. The molecule has 0 saturated heterocycles. The first-order valence-corrected chi connectivity index (χ1v) is 11.1. The van der Waals surface area contributed by atoms with Gasteiger partial charge in [-0.2, -0.15) is 0 Å². The van der Waals surface area contributed by atoms with Gasteiger partial charge in [0.25, 0.3) is 5.56 Å². The van der Waals surface area contributed by atoms with Crippen molar-refractivity contribution < 1.29 is 8.81 Å². The topological polar surface area (TPSA) is 89.6 Å². The number of rotatable bonds is 5. The van der Waals surface area contributed by atoms with Crippen LogP contribution in [0.4, 0.5) is 4.39 Å². The van der Waals surface area contributed by atoms with Crippen LogP contribution in [0.15, 0.2) is 62.4 Å². The Hall–Kier alpha value is -3.24. The van der Waals surface area contributed by atoms with Crippen molar-refractivity contribution in [1.29, 1.82) is 0 Å². The van der Waals surface area contributed by atoms with Gasteiger partial charge < -0.3 is 14.0 Å². The Balaban J connectivity index is 1.46. The minimum Gasteiger partial charge on any atom is -0.464 e. The van der Waals surface area contributed by atoms with E-state index in [-0.39, 0.29) is 16.6 Å². The van der Waals surface area contributed by atoms with Crippen molar-refractivity contribution in [3.05, 3.63) is 70.0 Å². The molecule has 4 heterocycles. The normalized spacial score (nSPS) is 12.5. The summed E-state index contributed by atoms with van der Waals surface area (Å²) in [6.45, 7) is 1.92. The van der Waals surface area contributed by atoms with E-state index in [9.17, 15) is 9.18 Å². The van der Waals surface area contributed by atoms with Gasteiger partial charge in [0.2, 0.25) is 0 Å². The third-order valence-electron chi connectivity index (χ3n) is 4.87. The van der Waals surface area contributed by atoms with Gasteiger partial charge in [-0.15, -0.1) is 21.5 Å². The van der Waals surface area contributed by atoms with E-state index in [2.05, 4.69) is 20.2 Å². The lowest BCUT2D eigenvalue weighted by Gasteiger charge is -2.10. The van der Waals surface area contributed by atoms with Crippen LogP contribution in [0.2, 0.25) is 0 Å². The van der Waals surface area contributed by atoms with Gasteiger partial charge in [0, 0.05) is 18.0 Å². The minimum absolute atomic E-state index is 0.206. The Labute approximate surface area is 184 Å². The van der Waals surface area contributed by atoms with Gasteiger partial charge in [-0.3, -0.25) is 4.79 Å². The second kappa shape index (κ2) is 7.78. The number of aromatic amines is 1.